The lowest BCUT2D eigenvalue weighted by atomic mass is 10.1. The molecule has 0 aromatic heterocycles. The maximum Gasteiger partial charge on any atom is 0.409 e. The fourth-order valence-corrected chi connectivity index (χ4v) is 3.59. The van der Waals surface area contributed by atoms with Crippen LogP contribution in [0.3, 0.4) is 0 Å². The van der Waals surface area contributed by atoms with Gasteiger partial charge in [-0.3, -0.25) is 4.99 Å². The molecule has 1 aliphatic rings. The fourth-order valence-electron chi connectivity index (χ4n) is 3.08. The Morgan fingerprint density at radius 1 is 1.24 bits per heavy atom. The topological polar surface area (TPSA) is 126 Å². The van der Waals surface area contributed by atoms with E-state index >= 15 is 0 Å². The molecular formula is C19H31N5O4S. The van der Waals surface area contributed by atoms with Gasteiger partial charge in [0.05, 0.1) is 11.5 Å². The zero-order valence-electron chi connectivity index (χ0n) is 17.1. The third-order valence-corrected chi connectivity index (χ3v) is 5.56. The summed E-state index contributed by atoms with van der Waals surface area (Å²) in [4.78, 5) is 18.2. The van der Waals surface area contributed by atoms with E-state index in [1.807, 2.05) is 6.92 Å². The van der Waals surface area contributed by atoms with Crippen molar-refractivity contribution >= 4 is 22.1 Å². The van der Waals surface area contributed by atoms with Crippen molar-refractivity contribution in [3.8, 4) is 0 Å². The van der Waals surface area contributed by atoms with Gasteiger partial charge in [-0.1, -0.05) is 12.1 Å². The number of hydrogen-bond acceptors (Lipinski definition) is 5. The van der Waals surface area contributed by atoms with Crippen molar-refractivity contribution in [2.24, 2.45) is 10.1 Å². The van der Waals surface area contributed by atoms with Crippen LogP contribution in [0.5, 0.6) is 0 Å². The van der Waals surface area contributed by atoms with Crippen LogP contribution in [0.4, 0.5) is 4.79 Å². The van der Waals surface area contributed by atoms with Crippen LogP contribution in [0.15, 0.2) is 34.2 Å². The van der Waals surface area contributed by atoms with Crippen molar-refractivity contribution in [1.29, 1.82) is 0 Å². The molecule has 4 N–H and O–H groups in total. The SMILES string of the molecule is CCNC(=NCCc1ccc(S(N)(=O)=O)cc1)NC1CCN(C(=O)OCC)CC1. The summed E-state index contributed by atoms with van der Waals surface area (Å²) in [7, 11) is -3.67. The van der Waals surface area contributed by atoms with E-state index in [2.05, 4.69) is 15.6 Å². The predicted molar refractivity (Wildman–Crippen MR) is 112 cm³/mol. The number of nitrogens with one attached hydrogen (secondary N) is 2. The van der Waals surface area contributed by atoms with Gasteiger partial charge in [0.15, 0.2) is 5.96 Å². The standard InChI is InChI=1S/C19H31N5O4S/c1-3-21-18(23-16-10-13-24(14-11-16)19(25)28-4-2)22-12-9-15-5-7-17(8-6-15)29(20,26)27/h5-8,16H,3-4,9-14H2,1-2H3,(H2,20,26,27)(H2,21,22,23). The van der Waals surface area contributed by atoms with Gasteiger partial charge in [-0.2, -0.15) is 0 Å². The van der Waals surface area contributed by atoms with Crippen molar-refractivity contribution < 1.29 is 17.9 Å². The zero-order chi connectivity index (χ0) is 21.3. The normalized spacial score (nSPS) is 15.8. The number of benzene rings is 1. The highest BCUT2D eigenvalue weighted by molar-refractivity contribution is 7.89. The van der Waals surface area contributed by atoms with Crippen LogP contribution in [0.2, 0.25) is 0 Å². The van der Waals surface area contributed by atoms with Gasteiger partial charge < -0.3 is 20.3 Å². The third-order valence-electron chi connectivity index (χ3n) is 4.63. The molecule has 1 aromatic rings. The molecule has 0 saturated carbocycles. The molecule has 1 saturated heterocycles. The number of sulfonamides is 1. The summed E-state index contributed by atoms with van der Waals surface area (Å²) in [5.74, 6) is 0.739. The van der Waals surface area contributed by atoms with E-state index < -0.39 is 10.0 Å². The molecule has 0 unspecified atom stereocenters. The number of carbonyl (C=O) groups excluding carboxylic acids is 1. The molecule has 162 valence electrons. The number of primary sulfonamides is 1. The Bertz CT molecular complexity index is 787. The quantitative estimate of drug-likeness (QED) is 0.443. The van der Waals surface area contributed by atoms with Crippen LogP contribution in [-0.2, 0) is 21.2 Å². The molecular weight excluding hydrogens is 394 g/mol. The number of guanidine groups is 1. The number of hydrogen-bond donors (Lipinski definition) is 3. The van der Waals surface area contributed by atoms with E-state index in [0.717, 1.165) is 30.9 Å². The second-order valence-electron chi connectivity index (χ2n) is 6.80. The molecule has 29 heavy (non-hydrogen) atoms. The van der Waals surface area contributed by atoms with Gasteiger partial charge in [0, 0.05) is 32.2 Å². The number of rotatable bonds is 7. The molecule has 1 amide bonds. The highest BCUT2D eigenvalue weighted by Gasteiger charge is 2.24. The van der Waals surface area contributed by atoms with Gasteiger partial charge in [-0.15, -0.1) is 0 Å². The second kappa shape index (κ2) is 11.0. The number of carbonyl (C=O) groups is 1. The highest BCUT2D eigenvalue weighted by Crippen LogP contribution is 2.12. The van der Waals surface area contributed by atoms with Crippen LogP contribution in [-0.4, -0.2) is 64.2 Å². The van der Waals surface area contributed by atoms with Gasteiger partial charge in [0.25, 0.3) is 0 Å². The highest BCUT2D eigenvalue weighted by atomic mass is 32.2. The van der Waals surface area contributed by atoms with Crippen molar-refractivity contribution in [2.45, 2.75) is 44.0 Å². The summed E-state index contributed by atoms with van der Waals surface area (Å²) >= 11 is 0. The van der Waals surface area contributed by atoms with Gasteiger partial charge in [-0.25, -0.2) is 18.4 Å². The van der Waals surface area contributed by atoms with Crippen LogP contribution in [0.1, 0.15) is 32.3 Å². The summed E-state index contributed by atoms with van der Waals surface area (Å²) < 4.78 is 27.7. The molecule has 1 aliphatic heterocycles. The largest absolute Gasteiger partial charge is 0.450 e. The lowest BCUT2D eigenvalue weighted by molar-refractivity contribution is 0.0963. The first kappa shape index (κ1) is 23.0. The second-order valence-corrected chi connectivity index (χ2v) is 8.37. The number of ether oxygens (including phenoxy) is 1. The molecule has 2 rings (SSSR count). The van der Waals surface area contributed by atoms with Gasteiger partial charge in [0.2, 0.25) is 10.0 Å². The first-order valence-electron chi connectivity index (χ1n) is 9.91. The van der Waals surface area contributed by atoms with Crippen molar-refractivity contribution in [3.63, 3.8) is 0 Å². The average molecular weight is 426 g/mol. The maximum atomic E-state index is 11.8. The van der Waals surface area contributed by atoms with Crippen molar-refractivity contribution in [3.05, 3.63) is 29.8 Å². The van der Waals surface area contributed by atoms with Crippen molar-refractivity contribution in [2.75, 3.05) is 32.8 Å². The average Bonchev–Trinajstić information content (AvgIpc) is 2.68. The van der Waals surface area contributed by atoms with Gasteiger partial charge in [0.1, 0.15) is 0 Å². The molecule has 0 atom stereocenters. The van der Waals surface area contributed by atoms with E-state index in [4.69, 9.17) is 9.88 Å². The smallest absolute Gasteiger partial charge is 0.409 e. The molecule has 1 heterocycles. The minimum absolute atomic E-state index is 0.105. The lowest BCUT2D eigenvalue weighted by Crippen LogP contribution is -2.50. The number of aliphatic imine (C=N–C) groups is 1. The molecule has 0 bridgehead atoms. The van der Waals surface area contributed by atoms with Crippen LogP contribution in [0, 0.1) is 0 Å². The van der Waals surface area contributed by atoms with Gasteiger partial charge >= 0.3 is 6.09 Å². The maximum absolute atomic E-state index is 11.8. The molecule has 0 radical (unpaired) electrons. The molecule has 0 spiro atoms. The minimum atomic E-state index is -3.67. The van der Waals surface area contributed by atoms with E-state index in [0.29, 0.717) is 32.7 Å². The number of likely N-dealkylation sites (tertiary alicyclic amines) is 1. The third kappa shape index (κ3) is 7.54. The molecule has 9 nitrogen and oxygen atoms in total. The van der Waals surface area contributed by atoms with E-state index in [1.54, 1.807) is 24.0 Å². The number of nitrogens with zero attached hydrogens (tertiary/aromatic N) is 2. The Balaban J connectivity index is 1.84. The Kier molecular flexibility index (Phi) is 8.71. The van der Waals surface area contributed by atoms with E-state index in [9.17, 15) is 13.2 Å². The van der Waals surface area contributed by atoms with Crippen LogP contribution in [0.25, 0.3) is 0 Å². The summed E-state index contributed by atoms with van der Waals surface area (Å²) in [5, 5.41) is 11.8. The summed E-state index contributed by atoms with van der Waals surface area (Å²) in [6.45, 7) is 6.83. The summed E-state index contributed by atoms with van der Waals surface area (Å²) in [5.41, 5.74) is 0.986. The first-order valence-corrected chi connectivity index (χ1v) is 11.5. The van der Waals surface area contributed by atoms with Crippen LogP contribution >= 0.6 is 0 Å². The van der Waals surface area contributed by atoms with Crippen molar-refractivity contribution in [1.82, 2.24) is 15.5 Å². The fraction of sp³-hybridized carbons (Fsp3) is 0.579. The van der Waals surface area contributed by atoms with Crippen LogP contribution < -0.4 is 15.8 Å². The molecule has 10 heteroatoms. The van der Waals surface area contributed by atoms with Gasteiger partial charge in [-0.05, 0) is 50.8 Å². The summed E-state index contributed by atoms with van der Waals surface area (Å²) in [6, 6.07) is 6.76. The Labute approximate surface area is 172 Å². The Hall–Kier alpha value is -2.33. The number of amides is 1. The predicted octanol–water partition coefficient (Wildman–Crippen LogP) is 1.05. The number of nitrogens with two attached hydrogens (primary N) is 1. The van der Waals surface area contributed by atoms with E-state index in [1.165, 1.54) is 12.1 Å². The number of piperidine rings is 1. The van der Waals surface area contributed by atoms with E-state index in [-0.39, 0.29) is 17.0 Å². The summed E-state index contributed by atoms with van der Waals surface area (Å²) in [6.07, 6.45) is 2.10. The molecule has 1 aromatic carbocycles. The lowest BCUT2D eigenvalue weighted by Gasteiger charge is -2.32. The molecule has 1 fully saturated rings. The monoisotopic (exact) mass is 425 g/mol. The minimum Gasteiger partial charge on any atom is -0.450 e. The Morgan fingerprint density at radius 2 is 1.90 bits per heavy atom. The zero-order valence-corrected chi connectivity index (χ0v) is 17.9. The first-order chi connectivity index (χ1) is 13.8. The Morgan fingerprint density at radius 3 is 2.45 bits per heavy atom. The molecule has 0 aliphatic carbocycles.